The fourth-order valence-electron chi connectivity index (χ4n) is 3.53. The molecule has 1 heterocycles. The molecular formula is C20H18O3S. The van der Waals surface area contributed by atoms with Crippen molar-refractivity contribution < 1.29 is 15.0 Å². The number of benzene rings is 2. The first-order chi connectivity index (χ1) is 11.6. The van der Waals surface area contributed by atoms with Crippen molar-refractivity contribution in [2.75, 3.05) is 0 Å². The van der Waals surface area contributed by atoms with Crippen LogP contribution in [0.5, 0.6) is 5.75 Å². The number of hydrogen-bond donors (Lipinski definition) is 2. The molecule has 4 rings (SSSR count). The lowest BCUT2D eigenvalue weighted by Crippen LogP contribution is -2.38. The minimum Gasteiger partial charge on any atom is -0.506 e. The molecule has 122 valence electrons. The lowest BCUT2D eigenvalue weighted by atomic mass is 9.77. The summed E-state index contributed by atoms with van der Waals surface area (Å²) in [6, 6.07) is 15.5. The molecule has 2 aromatic carbocycles. The Labute approximate surface area is 144 Å². The molecule has 0 fully saturated rings. The van der Waals surface area contributed by atoms with E-state index < -0.39 is 5.60 Å². The molecule has 1 aliphatic carbocycles. The first-order valence-electron chi connectivity index (χ1n) is 8.09. The van der Waals surface area contributed by atoms with Gasteiger partial charge >= 0.3 is 0 Å². The van der Waals surface area contributed by atoms with Crippen molar-refractivity contribution in [1.82, 2.24) is 0 Å². The van der Waals surface area contributed by atoms with Crippen LogP contribution >= 0.6 is 11.3 Å². The summed E-state index contributed by atoms with van der Waals surface area (Å²) < 4.78 is 0.888. The lowest BCUT2D eigenvalue weighted by Gasteiger charge is -2.33. The summed E-state index contributed by atoms with van der Waals surface area (Å²) in [6.45, 7) is 0. The predicted molar refractivity (Wildman–Crippen MR) is 95.9 cm³/mol. The molecular weight excluding hydrogens is 320 g/mol. The second-order valence-corrected chi connectivity index (χ2v) is 7.60. The van der Waals surface area contributed by atoms with Gasteiger partial charge in [-0.2, -0.15) is 0 Å². The van der Waals surface area contributed by atoms with Crippen molar-refractivity contribution in [2.45, 2.75) is 31.3 Å². The standard InChI is InChI=1S/C20H18O3S/c21-16(19-18(22)15-7-3-4-8-17(15)24-19)12-20(23)10-9-13-5-1-2-6-14(13)11-20/h1-8,22-23H,9-12H2/t20-/m1/s1. The Hall–Kier alpha value is -2.17. The number of fused-ring (bicyclic) bond motifs is 2. The van der Waals surface area contributed by atoms with E-state index in [0.29, 0.717) is 23.1 Å². The summed E-state index contributed by atoms with van der Waals surface area (Å²) in [7, 11) is 0. The second kappa shape index (κ2) is 5.72. The van der Waals surface area contributed by atoms with Crippen LogP contribution in [0, 0.1) is 0 Å². The van der Waals surface area contributed by atoms with Gasteiger partial charge in [-0.3, -0.25) is 4.79 Å². The number of aliphatic hydroxyl groups is 1. The molecule has 3 aromatic rings. The summed E-state index contributed by atoms with van der Waals surface area (Å²) in [6.07, 6.45) is 1.88. The van der Waals surface area contributed by atoms with E-state index in [1.807, 2.05) is 42.5 Å². The molecule has 0 amide bonds. The van der Waals surface area contributed by atoms with Crippen molar-refractivity contribution in [3.05, 3.63) is 64.5 Å². The number of carbonyl (C=O) groups excluding carboxylic acids is 1. The zero-order valence-corrected chi connectivity index (χ0v) is 14.0. The van der Waals surface area contributed by atoms with Crippen LogP contribution in [-0.4, -0.2) is 21.6 Å². The molecule has 0 spiro atoms. The molecule has 0 aliphatic heterocycles. The highest BCUT2D eigenvalue weighted by Gasteiger charge is 2.35. The van der Waals surface area contributed by atoms with Gasteiger partial charge in [-0.15, -0.1) is 11.3 Å². The van der Waals surface area contributed by atoms with Gasteiger partial charge in [0.1, 0.15) is 10.6 Å². The van der Waals surface area contributed by atoms with Gasteiger partial charge in [0, 0.05) is 22.9 Å². The first kappa shape index (κ1) is 15.4. The number of ketones is 1. The molecule has 2 N–H and O–H groups in total. The van der Waals surface area contributed by atoms with Crippen molar-refractivity contribution in [3.8, 4) is 5.75 Å². The Bertz CT molecular complexity index is 928. The highest BCUT2D eigenvalue weighted by molar-refractivity contribution is 7.21. The zero-order valence-electron chi connectivity index (χ0n) is 13.2. The third-order valence-electron chi connectivity index (χ3n) is 4.81. The van der Waals surface area contributed by atoms with Crippen molar-refractivity contribution >= 4 is 27.2 Å². The van der Waals surface area contributed by atoms with Crippen molar-refractivity contribution in [2.24, 2.45) is 0 Å². The van der Waals surface area contributed by atoms with Gasteiger partial charge in [0.15, 0.2) is 5.78 Å². The number of carbonyl (C=O) groups is 1. The highest BCUT2D eigenvalue weighted by Crippen LogP contribution is 2.39. The van der Waals surface area contributed by atoms with E-state index in [9.17, 15) is 15.0 Å². The number of Topliss-reactive ketones (excluding diaryl/α,β-unsaturated/α-hetero) is 1. The Kier molecular flexibility index (Phi) is 3.66. The van der Waals surface area contributed by atoms with Gasteiger partial charge in [-0.25, -0.2) is 0 Å². The monoisotopic (exact) mass is 338 g/mol. The zero-order chi connectivity index (χ0) is 16.7. The Morgan fingerprint density at radius 1 is 1.08 bits per heavy atom. The van der Waals surface area contributed by atoms with E-state index in [2.05, 4.69) is 6.07 Å². The molecule has 0 bridgehead atoms. The van der Waals surface area contributed by atoms with Crippen LogP contribution in [0.15, 0.2) is 48.5 Å². The van der Waals surface area contributed by atoms with E-state index in [1.54, 1.807) is 0 Å². The van der Waals surface area contributed by atoms with Crippen LogP contribution in [0.1, 0.15) is 33.6 Å². The summed E-state index contributed by atoms with van der Waals surface area (Å²) in [5.74, 6) is -0.143. The summed E-state index contributed by atoms with van der Waals surface area (Å²) in [4.78, 5) is 13.1. The Morgan fingerprint density at radius 2 is 1.79 bits per heavy atom. The first-order valence-corrected chi connectivity index (χ1v) is 8.90. The maximum Gasteiger partial charge on any atom is 0.179 e. The van der Waals surface area contributed by atoms with Gasteiger partial charge in [0.2, 0.25) is 0 Å². The highest BCUT2D eigenvalue weighted by atomic mass is 32.1. The predicted octanol–water partition coefficient (Wildman–Crippen LogP) is 4.10. The molecule has 0 saturated carbocycles. The summed E-state index contributed by atoms with van der Waals surface area (Å²) in [5.41, 5.74) is 1.33. The number of aryl methyl sites for hydroxylation is 1. The fourth-order valence-corrected chi connectivity index (χ4v) is 4.57. The van der Waals surface area contributed by atoms with Gasteiger partial charge in [-0.1, -0.05) is 36.4 Å². The van der Waals surface area contributed by atoms with E-state index in [4.69, 9.17) is 0 Å². The number of aromatic hydroxyl groups is 1. The minimum absolute atomic E-state index is 0.0420. The molecule has 1 atom stereocenters. The van der Waals surface area contributed by atoms with Crippen molar-refractivity contribution in [1.29, 1.82) is 0 Å². The molecule has 0 radical (unpaired) electrons. The third kappa shape index (κ3) is 2.62. The van der Waals surface area contributed by atoms with Crippen LogP contribution in [0.3, 0.4) is 0 Å². The average molecular weight is 338 g/mol. The average Bonchev–Trinajstić information content (AvgIpc) is 2.92. The fraction of sp³-hybridized carbons (Fsp3) is 0.250. The Morgan fingerprint density at radius 3 is 2.58 bits per heavy atom. The maximum atomic E-state index is 12.7. The molecule has 3 nitrogen and oxygen atoms in total. The number of hydrogen-bond acceptors (Lipinski definition) is 4. The van der Waals surface area contributed by atoms with Gasteiger partial charge < -0.3 is 10.2 Å². The van der Waals surface area contributed by atoms with E-state index in [0.717, 1.165) is 16.7 Å². The van der Waals surface area contributed by atoms with Crippen LogP contribution in [-0.2, 0) is 12.8 Å². The van der Waals surface area contributed by atoms with E-state index in [-0.39, 0.29) is 18.0 Å². The smallest absolute Gasteiger partial charge is 0.179 e. The normalized spacial score (nSPS) is 20.0. The van der Waals surface area contributed by atoms with Crippen LogP contribution in [0.4, 0.5) is 0 Å². The topological polar surface area (TPSA) is 57.5 Å². The quantitative estimate of drug-likeness (QED) is 0.707. The number of thiophene rings is 1. The molecule has 4 heteroatoms. The van der Waals surface area contributed by atoms with Crippen molar-refractivity contribution in [3.63, 3.8) is 0 Å². The summed E-state index contributed by atoms with van der Waals surface area (Å²) in [5, 5.41) is 22.0. The summed E-state index contributed by atoms with van der Waals surface area (Å²) >= 11 is 1.29. The second-order valence-electron chi connectivity index (χ2n) is 6.55. The van der Waals surface area contributed by atoms with Crippen LogP contribution in [0.2, 0.25) is 0 Å². The van der Waals surface area contributed by atoms with E-state index in [1.165, 1.54) is 16.9 Å². The van der Waals surface area contributed by atoms with Crippen LogP contribution in [0.25, 0.3) is 10.1 Å². The molecule has 0 unspecified atom stereocenters. The molecule has 1 aromatic heterocycles. The SMILES string of the molecule is O=C(C[C@@]1(O)CCc2ccccc2C1)c1sc2ccccc2c1O. The third-order valence-corrected chi connectivity index (χ3v) is 6.01. The van der Waals surface area contributed by atoms with Gasteiger partial charge in [0.05, 0.1) is 5.60 Å². The minimum atomic E-state index is -1.03. The lowest BCUT2D eigenvalue weighted by molar-refractivity contribution is 0.0196. The van der Waals surface area contributed by atoms with Gasteiger partial charge in [0.25, 0.3) is 0 Å². The van der Waals surface area contributed by atoms with Crippen LogP contribution < -0.4 is 0 Å². The molecule has 1 aliphatic rings. The van der Waals surface area contributed by atoms with Gasteiger partial charge in [-0.05, 0) is 36.1 Å². The maximum absolute atomic E-state index is 12.7. The number of rotatable bonds is 3. The largest absolute Gasteiger partial charge is 0.506 e. The molecule has 0 saturated heterocycles. The molecule has 24 heavy (non-hydrogen) atoms. The van der Waals surface area contributed by atoms with E-state index >= 15 is 0 Å². The Balaban J connectivity index is 1.60.